The lowest BCUT2D eigenvalue weighted by Gasteiger charge is -2.29. The first kappa shape index (κ1) is 22.4. The molecule has 0 amide bonds. The Labute approximate surface area is 194 Å². The van der Waals surface area contributed by atoms with Crippen molar-refractivity contribution >= 4 is 15.9 Å². The van der Waals surface area contributed by atoms with E-state index in [1.54, 1.807) is 17.7 Å². The first-order valence-electron chi connectivity index (χ1n) is 10.5. The number of halogens is 1. The third kappa shape index (κ3) is 4.13. The van der Waals surface area contributed by atoms with E-state index in [2.05, 4.69) is 22.0 Å². The molecular weight excluding hydrogens is 476 g/mol. The van der Waals surface area contributed by atoms with E-state index in [-0.39, 0.29) is 17.0 Å². The Morgan fingerprint density at radius 2 is 2.09 bits per heavy atom. The van der Waals surface area contributed by atoms with Crippen LogP contribution in [0.4, 0.5) is 0 Å². The lowest BCUT2D eigenvalue weighted by atomic mass is 9.83. The van der Waals surface area contributed by atoms with E-state index in [0.29, 0.717) is 29.2 Å². The number of nitrogens with zero attached hydrogens (tertiary/aromatic N) is 2. The fraction of sp³-hybridized carbons (Fsp3) is 0.391. The third-order valence-corrected chi connectivity index (χ3v) is 6.57. The Hall–Kier alpha value is -2.80. The highest BCUT2D eigenvalue weighted by Crippen LogP contribution is 2.44. The highest BCUT2D eigenvalue weighted by atomic mass is 79.9. The van der Waals surface area contributed by atoms with Gasteiger partial charge in [-0.3, -0.25) is 4.79 Å². The Morgan fingerprint density at radius 1 is 1.34 bits per heavy atom. The van der Waals surface area contributed by atoms with E-state index < -0.39 is 5.92 Å². The average molecular weight is 502 g/mol. The van der Waals surface area contributed by atoms with Crippen molar-refractivity contribution in [1.82, 2.24) is 4.57 Å². The molecule has 2 aliphatic rings. The summed E-state index contributed by atoms with van der Waals surface area (Å²) in [5, 5.41) is 9.90. The molecule has 1 atom stereocenters. The van der Waals surface area contributed by atoms with Crippen molar-refractivity contribution in [2.45, 2.75) is 19.4 Å². The van der Waals surface area contributed by atoms with Crippen LogP contribution in [0.1, 0.15) is 22.7 Å². The maximum atomic E-state index is 13.8. The van der Waals surface area contributed by atoms with Crippen LogP contribution < -0.4 is 25.7 Å². The number of nitrogens with one attached hydrogen (secondary N) is 1. The number of rotatable bonds is 5. The fourth-order valence-electron chi connectivity index (χ4n) is 4.39. The van der Waals surface area contributed by atoms with Crippen molar-refractivity contribution in [3.8, 4) is 17.6 Å². The van der Waals surface area contributed by atoms with Gasteiger partial charge in [-0.05, 0) is 25.1 Å². The highest BCUT2D eigenvalue weighted by molar-refractivity contribution is 9.10. The summed E-state index contributed by atoms with van der Waals surface area (Å²) in [4.78, 5) is 15.2. The fourth-order valence-corrected chi connectivity index (χ4v) is 4.76. The quantitative estimate of drug-likeness (QED) is 0.634. The second-order valence-corrected chi connectivity index (χ2v) is 8.86. The summed E-state index contributed by atoms with van der Waals surface area (Å²) in [7, 11) is 1.56. The standard InChI is InChI=1S/C23H25BrN4O4/c1-14-11-19-21(23(29)28(14)6-5-27-7-9-31-10-8-27)20(17(13-25)22(26)32-19)16-12-15(24)3-4-18(16)30-2/h3-4,11-12,20H,5-10,26H2,1-2H3/p+1/t20-/m0/s1. The van der Waals surface area contributed by atoms with Crippen LogP contribution in [0.2, 0.25) is 0 Å². The van der Waals surface area contributed by atoms with Gasteiger partial charge in [0.15, 0.2) is 0 Å². The molecule has 1 aromatic heterocycles. The van der Waals surface area contributed by atoms with E-state index in [9.17, 15) is 10.1 Å². The van der Waals surface area contributed by atoms with Crippen LogP contribution in [-0.4, -0.2) is 44.5 Å². The Kier molecular flexibility index (Phi) is 6.55. The summed E-state index contributed by atoms with van der Waals surface area (Å²) >= 11 is 3.49. The summed E-state index contributed by atoms with van der Waals surface area (Å²) < 4.78 is 19.3. The van der Waals surface area contributed by atoms with Crippen LogP contribution in [0, 0.1) is 18.3 Å². The molecule has 9 heteroatoms. The molecule has 1 aromatic carbocycles. The number of pyridine rings is 1. The molecule has 0 saturated carbocycles. The van der Waals surface area contributed by atoms with Gasteiger partial charge in [0.25, 0.3) is 5.56 Å². The lowest BCUT2D eigenvalue weighted by molar-refractivity contribution is -0.908. The summed E-state index contributed by atoms with van der Waals surface area (Å²) in [5.41, 5.74) is 7.99. The van der Waals surface area contributed by atoms with Crippen LogP contribution in [0.5, 0.6) is 11.5 Å². The number of hydrogen-bond donors (Lipinski definition) is 2. The number of nitriles is 1. The van der Waals surface area contributed by atoms with E-state index in [1.165, 1.54) is 4.90 Å². The Balaban J connectivity index is 1.83. The van der Waals surface area contributed by atoms with Crippen molar-refractivity contribution in [2.75, 3.05) is 40.0 Å². The smallest absolute Gasteiger partial charge is 0.258 e. The number of aromatic nitrogens is 1. The molecule has 0 aliphatic carbocycles. The van der Waals surface area contributed by atoms with Crippen molar-refractivity contribution in [2.24, 2.45) is 5.73 Å². The zero-order valence-electron chi connectivity index (χ0n) is 18.1. The summed E-state index contributed by atoms with van der Waals surface area (Å²) in [6.07, 6.45) is 0. The van der Waals surface area contributed by atoms with Gasteiger partial charge in [0, 0.05) is 21.8 Å². The monoisotopic (exact) mass is 501 g/mol. The number of hydrogen-bond acceptors (Lipinski definition) is 6. The predicted molar refractivity (Wildman–Crippen MR) is 122 cm³/mol. The van der Waals surface area contributed by atoms with Gasteiger partial charge >= 0.3 is 0 Å². The molecule has 4 rings (SSSR count). The first-order valence-corrected chi connectivity index (χ1v) is 11.3. The SMILES string of the molecule is COc1ccc(Br)cc1[C@H]1C(C#N)=C(N)Oc2cc(C)n(CC[NH+]3CCOCC3)c(=O)c21. The largest absolute Gasteiger partial charge is 0.496 e. The Bertz CT molecular complexity index is 1160. The second-order valence-electron chi connectivity index (χ2n) is 7.94. The van der Waals surface area contributed by atoms with Crippen molar-refractivity contribution in [3.63, 3.8) is 0 Å². The van der Waals surface area contributed by atoms with Crippen LogP contribution >= 0.6 is 15.9 Å². The van der Waals surface area contributed by atoms with Crippen LogP contribution in [-0.2, 0) is 11.3 Å². The van der Waals surface area contributed by atoms with Gasteiger partial charge < -0.3 is 29.4 Å². The minimum Gasteiger partial charge on any atom is -0.496 e. The van der Waals surface area contributed by atoms with Crippen molar-refractivity contribution in [3.05, 3.63) is 67.4 Å². The van der Waals surface area contributed by atoms with Gasteiger partial charge in [0.05, 0.1) is 44.9 Å². The molecule has 8 nitrogen and oxygen atoms in total. The molecule has 0 radical (unpaired) electrons. The molecule has 2 aliphatic heterocycles. The molecule has 1 fully saturated rings. The minimum absolute atomic E-state index is 0.00124. The third-order valence-electron chi connectivity index (χ3n) is 6.08. The molecule has 0 unspecified atom stereocenters. The van der Waals surface area contributed by atoms with Crippen LogP contribution in [0.25, 0.3) is 0 Å². The number of fused-ring (bicyclic) bond motifs is 1. The summed E-state index contributed by atoms with van der Waals surface area (Å²) in [5.74, 6) is 0.259. The summed E-state index contributed by atoms with van der Waals surface area (Å²) in [6.45, 7) is 6.60. The van der Waals surface area contributed by atoms with E-state index in [4.69, 9.17) is 19.9 Å². The number of morpholine rings is 1. The number of ether oxygens (including phenoxy) is 3. The number of methoxy groups -OCH3 is 1. The maximum Gasteiger partial charge on any atom is 0.258 e. The molecule has 1 saturated heterocycles. The lowest BCUT2D eigenvalue weighted by Crippen LogP contribution is -3.14. The maximum absolute atomic E-state index is 13.8. The Morgan fingerprint density at radius 3 is 2.78 bits per heavy atom. The number of nitrogens with two attached hydrogens (primary N) is 1. The molecule has 168 valence electrons. The number of quaternary nitrogens is 1. The molecule has 0 bridgehead atoms. The minimum atomic E-state index is -0.689. The number of benzene rings is 1. The topological polar surface area (TPSA) is 104 Å². The zero-order chi connectivity index (χ0) is 22.8. The summed E-state index contributed by atoms with van der Waals surface area (Å²) in [6, 6.07) is 9.47. The van der Waals surface area contributed by atoms with E-state index in [0.717, 1.165) is 43.0 Å². The first-order chi connectivity index (χ1) is 15.4. The molecule has 2 aromatic rings. The van der Waals surface area contributed by atoms with Gasteiger partial charge in [-0.25, -0.2) is 0 Å². The van der Waals surface area contributed by atoms with E-state index in [1.807, 2.05) is 25.1 Å². The second kappa shape index (κ2) is 9.36. The van der Waals surface area contributed by atoms with Gasteiger partial charge in [0.2, 0.25) is 5.88 Å². The van der Waals surface area contributed by atoms with Crippen molar-refractivity contribution < 1.29 is 19.1 Å². The molecule has 0 spiro atoms. The molecule has 32 heavy (non-hydrogen) atoms. The van der Waals surface area contributed by atoms with Crippen molar-refractivity contribution in [1.29, 1.82) is 5.26 Å². The van der Waals surface area contributed by atoms with Crippen LogP contribution in [0.15, 0.2) is 45.0 Å². The molecule has 3 N–H and O–H groups in total. The van der Waals surface area contributed by atoms with Gasteiger partial charge in [-0.2, -0.15) is 5.26 Å². The highest BCUT2D eigenvalue weighted by Gasteiger charge is 2.36. The van der Waals surface area contributed by atoms with E-state index >= 15 is 0 Å². The van der Waals surface area contributed by atoms with Gasteiger partial charge in [-0.15, -0.1) is 0 Å². The number of aryl methyl sites for hydroxylation is 1. The average Bonchev–Trinajstić information content (AvgIpc) is 2.78. The predicted octanol–water partition coefficient (Wildman–Crippen LogP) is 1.06. The number of allylic oxidation sites excluding steroid dienone is 1. The molecule has 3 heterocycles. The zero-order valence-corrected chi connectivity index (χ0v) is 19.7. The van der Waals surface area contributed by atoms with Gasteiger partial charge in [-0.1, -0.05) is 15.9 Å². The van der Waals surface area contributed by atoms with Crippen LogP contribution in [0.3, 0.4) is 0 Å². The molecular formula is C23H26BrN4O4+. The normalized spacial score (nSPS) is 18.6. The van der Waals surface area contributed by atoms with Gasteiger partial charge in [0.1, 0.15) is 36.2 Å².